The molecule has 2 saturated heterocycles. The Morgan fingerprint density at radius 3 is 1.32 bits per heavy atom. The molecule has 2 aliphatic carbocycles. The van der Waals surface area contributed by atoms with Crippen LogP contribution in [-0.2, 0) is 28.5 Å². The molecule has 2 heterocycles. The van der Waals surface area contributed by atoms with Crippen molar-refractivity contribution in [1.82, 2.24) is 4.90 Å². The number of aldehydes is 1. The number of carboxylic acid groups (broad SMARTS) is 2. The van der Waals surface area contributed by atoms with Crippen LogP contribution in [0.15, 0.2) is 60.7 Å². The van der Waals surface area contributed by atoms with Gasteiger partial charge in [0.1, 0.15) is 28.9 Å². The summed E-state index contributed by atoms with van der Waals surface area (Å²) in [6.07, 6.45) is -18.3. The molecule has 2 aliphatic heterocycles. The summed E-state index contributed by atoms with van der Waals surface area (Å²) in [4.78, 5) is 36.2. The van der Waals surface area contributed by atoms with Crippen molar-refractivity contribution in [2.24, 2.45) is 23.7 Å². The van der Waals surface area contributed by atoms with Crippen LogP contribution in [0.3, 0.4) is 0 Å². The van der Waals surface area contributed by atoms with Crippen LogP contribution in [0, 0.1) is 23.7 Å². The summed E-state index contributed by atoms with van der Waals surface area (Å²) in [6, 6.07) is 13.2. The molecule has 4 aromatic rings. The van der Waals surface area contributed by atoms with E-state index in [1.807, 2.05) is 0 Å². The van der Waals surface area contributed by atoms with E-state index in [0.717, 1.165) is 6.07 Å². The molecular weight excluding hydrogens is 931 g/mol. The van der Waals surface area contributed by atoms with Crippen molar-refractivity contribution in [2.45, 2.75) is 133 Å². The van der Waals surface area contributed by atoms with Crippen LogP contribution < -0.4 is 9.47 Å². The number of fused-ring (bicyclic) bond motifs is 4. The second-order valence-corrected chi connectivity index (χ2v) is 18.3. The van der Waals surface area contributed by atoms with Gasteiger partial charge in [-0.3, -0.25) is 19.3 Å². The summed E-state index contributed by atoms with van der Waals surface area (Å²) in [5.41, 5.74) is -0.990. The summed E-state index contributed by atoms with van der Waals surface area (Å²) in [5.74, 6) is -6.66. The van der Waals surface area contributed by atoms with Gasteiger partial charge in [-0.1, -0.05) is 36.4 Å². The highest BCUT2D eigenvalue weighted by Gasteiger charge is 2.47. The third kappa shape index (κ3) is 11.6. The number of carbonyl (C=O) groups excluding carboxylic acids is 1. The molecule has 8 nitrogen and oxygen atoms in total. The Kier molecular flexibility index (Phi) is 14.6. The van der Waals surface area contributed by atoms with Gasteiger partial charge in [-0.2, -0.15) is 52.7 Å². The molecule has 370 valence electrons. The number of alkyl halides is 12. The minimum Gasteiger partial charge on any atom is -0.490 e. The van der Waals surface area contributed by atoms with E-state index >= 15 is 0 Å². The fourth-order valence-electron chi connectivity index (χ4n) is 10.4. The van der Waals surface area contributed by atoms with Gasteiger partial charge in [0.15, 0.2) is 0 Å². The Bertz CT molecular complexity index is 2430. The maximum absolute atomic E-state index is 14.3. The van der Waals surface area contributed by atoms with E-state index in [9.17, 15) is 77.3 Å². The monoisotopic (exact) mass is 977 g/mol. The van der Waals surface area contributed by atoms with Crippen LogP contribution in [-0.4, -0.2) is 70.0 Å². The van der Waals surface area contributed by atoms with Crippen LogP contribution in [0.1, 0.15) is 104 Å². The van der Waals surface area contributed by atoms with Gasteiger partial charge in [0.25, 0.3) is 0 Å². The van der Waals surface area contributed by atoms with Crippen molar-refractivity contribution in [3.05, 3.63) is 82.9 Å². The number of rotatable bonds is 9. The first kappa shape index (κ1) is 50.6. The molecule has 2 saturated carbocycles. The van der Waals surface area contributed by atoms with Crippen molar-refractivity contribution in [3.63, 3.8) is 0 Å². The Labute approximate surface area is 381 Å². The highest BCUT2D eigenvalue weighted by Crippen LogP contribution is 2.47. The number of ether oxygens (including phenoxy) is 2. The Morgan fingerprint density at radius 2 is 0.956 bits per heavy atom. The van der Waals surface area contributed by atoms with E-state index in [1.165, 1.54) is 42.5 Å². The molecule has 4 aromatic carbocycles. The van der Waals surface area contributed by atoms with Gasteiger partial charge in [0.2, 0.25) is 0 Å². The SMILES string of the molecule is O=C(O)C1CC2CC(C(=O)O)CC(C1)N2Cc1ccc2c(C(F)(F)F)c(OC3CCC(C(F)(F)F)CC3)ccc2c1.O=Cc1ccc2c(C(F)(F)F)c(OC3CCC(C(F)(F)F)CC3)ccc2c1. The predicted molar refractivity (Wildman–Crippen MR) is 222 cm³/mol. The van der Waals surface area contributed by atoms with E-state index < -0.39 is 95.1 Å². The molecule has 2 bridgehead atoms. The minimum absolute atomic E-state index is 0.0160. The van der Waals surface area contributed by atoms with Crippen molar-refractivity contribution in [3.8, 4) is 11.5 Å². The lowest BCUT2D eigenvalue weighted by Crippen LogP contribution is -2.55. The largest absolute Gasteiger partial charge is 0.490 e. The number of carbonyl (C=O) groups is 3. The molecule has 0 unspecified atom stereocenters. The van der Waals surface area contributed by atoms with Gasteiger partial charge in [0, 0.05) is 24.2 Å². The van der Waals surface area contributed by atoms with E-state index in [2.05, 4.69) is 4.90 Å². The summed E-state index contributed by atoms with van der Waals surface area (Å²) >= 11 is 0. The summed E-state index contributed by atoms with van der Waals surface area (Å²) in [5, 5.41) is 19.4. The molecule has 2 N–H and O–H groups in total. The van der Waals surface area contributed by atoms with Crippen molar-refractivity contribution in [2.75, 3.05) is 0 Å². The van der Waals surface area contributed by atoms with Gasteiger partial charge < -0.3 is 19.7 Å². The number of hydrogen-bond donors (Lipinski definition) is 2. The van der Waals surface area contributed by atoms with Gasteiger partial charge in [0.05, 0.1) is 35.9 Å². The second kappa shape index (κ2) is 19.6. The van der Waals surface area contributed by atoms with Gasteiger partial charge in [-0.15, -0.1) is 0 Å². The molecule has 0 atom stereocenters. The van der Waals surface area contributed by atoms with Gasteiger partial charge in [-0.25, -0.2) is 0 Å². The Morgan fingerprint density at radius 1 is 0.559 bits per heavy atom. The van der Waals surface area contributed by atoms with E-state index in [1.54, 1.807) is 12.1 Å². The van der Waals surface area contributed by atoms with Crippen molar-refractivity contribution >= 4 is 39.8 Å². The molecule has 0 amide bonds. The fourth-order valence-corrected chi connectivity index (χ4v) is 10.4. The lowest BCUT2D eigenvalue weighted by Gasteiger charge is -2.49. The third-order valence-corrected chi connectivity index (χ3v) is 13.8. The number of aliphatic carboxylic acids is 2. The first-order valence-electron chi connectivity index (χ1n) is 22.2. The third-order valence-electron chi connectivity index (χ3n) is 13.8. The smallest absolute Gasteiger partial charge is 0.420 e. The van der Waals surface area contributed by atoms with Crippen molar-refractivity contribution in [1.29, 1.82) is 0 Å². The highest BCUT2D eigenvalue weighted by molar-refractivity contribution is 5.93. The van der Waals surface area contributed by atoms with Gasteiger partial charge in [-0.05, 0) is 128 Å². The first-order chi connectivity index (χ1) is 31.8. The van der Waals surface area contributed by atoms with Crippen LogP contribution in [0.25, 0.3) is 21.5 Å². The van der Waals surface area contributed by atoms with E-state index in [0.29, 0.717) is 49.5 Å². The predicted octanol–water partition coefficient (Wildman–Crippen LogP) is 13.1. The number of carboxylic acids is 2. The van der Waals surface area contributed by atoms with Gasteiger partial charge >= 0.3 is 36.6 Å². The van der Waals surface area contributed by atoms with E-state index in [4.69, 9.17) is 9.47 Å². The molecule has 0 aromatic heterocycles. The lowest BCUT2D eigenvalue weighted by molar-refractivity contribution is -0.186. The number of piperidine rings is 2. The Balaban J connectivity index is 0.000000220. The topological polar surface area (TPSA) is 113 Å². The number of benzene rings is 4. The molecule has 68 heavy (non-hydrogen) atoms. The van der Waals surface area contributed by atoms with Crippen LogP contribution >= 0.6 is 0 Å². The van der Waals surface area contributed by atoms with Crippen molar-refractivity contribution < 1.29 is 86.8 Å². The average molecular weight is 978 g/mol. The normalized spacial score (nSPS) is 26.1. The zero-order valence-corrected chi connectivity index (χ0v) is 36.1. The van der Waals surface area contributed by atoms with Crippen LogP contribution in [0.5, 0.6) is 11.5 Å². The average Bonchev–Trinajstić information content (AvgIpc) is 3.25. The quantitative estimate of drug-likeness (QED) is 0.126. The summed E-state index contributed by atoms with van der Waals surface area (Å²) in [7, 11) is 0. The van der Waals surface area contributed by atoms with E-state index in [-0.39, 0.29) is 85.2 Å². The zero-order chi connectivity index (χ0) is 49.5. The molecule has 0 spiro atoms. The molecular formula is C48H47F12NO7. The first-order valence-corrected chi connectivity index (χ1v) is 22.2. The summed E-state index contributed by atoms with van der Waals surface area (Å²) in [6.45, 7) is 0.339. The standard InChI is InChI=1S/C29H31F6NO5.C19H16F6O2/c30-28(31,32)19-3-5-22(6-4-19)41-24-8-2-16-9-15(1-7-23(16)25(24)29(33,34)35)14-36-20-10-17(26(37)38)11-21(36)13-18(12-20)27(39)40;20-18(21,22)13-3-5-14(6-4-13)27-16-8-2-12-9-11(10-26)1-7-15(12)17(16)19(23,24)25/h1-2,7-9,17-22H,3-6,10-14H2,(H,37,38)(H,39,40);1-2,7-10,13-14H,3-6H2. The lowest BCUT2D eigenvalue weighted by atomic mass is 9.74. The van der Waals surface area contributed by atoms with Crippen LogP contribution in [0.4, 0.5) is 52.7 Å². The summed E-state index contributed by atoms with van der Waals surface area (Å²) < 4.78 is 172. The molecule has 4 aliphatic rings. The number of halogens is 12. The number of hydrogen-bond acceptors (Lipinski definition) is 6. The highest BCUT2D eigenvalue weighted by atomic mass is 19.4. The fraction of sp³-hybridized carbons (Fsp3) is 0.521. The molecule has 8 rings (SSSR count). The molecule has 20 heteroatoms. The maximum atomic E-state index is 14.3. The second-order valence-electron chi connectivity index (χ2n) is 18.3. The van der Waals surface area contributed by atoms with Crippen LogP contribution in [0.2, 0.25) is 0 Å². The molecule has 4 fully saturated rings. The molecule has 0 radical (unpaired) electrons. The zero-order valence-electron chi connectivity index (χ0n) is 36.1. The maximum Gasteiger partial charge on any atom is 0.420 e. The number of nitrogens with zero attached hydrogens (tertiary/aromatic N) is 1. The Hall–Kier alpha value is -5.27. The minimum atomic E-state index is -4.76.